The van der Waals surface area contributed by atoms with Gasteiger partial charge in [-0.2, -0.15) is 0 Å². The van der Waals surface area contributed by atoms with Gasteiger partial charge in [-0.05, 0) is 29.7 Å². The SMILES string of the molecule is CCCS(=O)(=O)N(C(=O)C1CN(C(c2ccccc2)c2ccccc2)C1)c1ccc(OC)c(F)c1. The smallest absolute Gasteiger partial charge is 0.246 e. The second-order valence-electron chi connectivity index (χ2n) is 8.61. The monoisotopic (exact) mass is 496 g/mol. The number of hydrogen-bond donors (Lipinski definition) is 0. The molecule has 3 aromatic rings. The van der Waals surface area contributed by atoms with Crippen LogP contribution >= 0.6 is 0 Å². The van der Waals surface area contributed by atoms with E-state index in [4.69, 9.17) is 4.74 Å². The van der Waals surface area contributed by atoms with Crippen LogP contribution in [0.1, 0.15) is 30.5 Å². The Balaban J connectivity index is 1.61. The number of nitrogens with zero attached hydrogens (tertiary/aromatic N) is 2. The molecule has 35 heavy (non-hydrogen) atoms. The van der Waals surface area contributed by atoms with Crippen molar-refractivity contribution < 1.29 is 22.3 Å². The van der Waals surface area contributed by atoms with E-state index in [1.807, 2.05) is 60.7 Å². The molecular weight excluding hydrogens is 467 g/mol. The first-order valence-electron chi connectivity index (χ1n) is 11.6. The van der Waals surface area contributed by atoms with Crippen molar-refractivity contribution in [3.05, 3.63) is 95.8 Å². The van der Waals surface area contributed by atoms with Crippen LogP contribution in [0.2, 0.25) is 0 Å². The molecule has 0 aliphatic carbocycles. The molecule has 0 aromatic heterocycles. The third-order valence-corrected chi connectivity index (χ3v) is 8.04. The van der Waals surface area contributed by atoms with E-state index in [-0.39, 0.29) is 23.2 Å². The van der Waals surface area contributed by atoms with Crippen LogP contribution in [0, 0.1) is 11.7 Å². The van der Waals surface area contributed by atoms with Crippen LogP contribution < -0.4 is 9.04 Å². The summed E-state index contributed by atoms with van der Waals surface area (Å²) < 4.78 is 46.3. The maximum Gasteiger partial charge on any atom is 0.246 e. The Morgan fingerprint density at radius 3 is 2.09 bits per heavy atom. The second kappa shape index (κ2) is 10.6. The van der Waals surface area contributed by atoms with Gasteiger partial charge in [-0.25, -0.2) is 17.1 Å². The molecule has 0 bridgehead atoms. The second-order valence-corrected chi connectivity index (χ2v) is 10.5. The van der Waals surface area contributed by atoms with Gasteiger partial charge in [-0.15, -0.1) is 0 Å². The molecule has 184 valence electrons. The summed E-state index contributed by atoms with van der Waals surface area (Å²) in [6.45, 7) is 2.51. The molecule has 1 fully saturated rings. The minimum atomic E-state index is -3.97. The fraction of sp³-hybridized carbons (Fsp3) is 0.296. The number of sulfonamides is 1. The Kier molecular flexibility index (Phi) is 7.52. The lowest BCUT2D eigenvalue weighted by molar-refractivity contribution is -0.127. The fourth-order valence-electron chi connectivity index (χ4n) is 4.49. The summed E-state index contributed by atoms with van der Waals surface area (Å²) in [5.74, 6) is -2.02. The summed E-state index contributed by atoms with van der Waals surface area (Å²) in [5, 5.41) is 0. The number of benzene rings is 3. The first kappa shape index (κ1) is 24.9. The Labute approximate surface area is 206 Å². The van der Waals surface area contributed by atoms with Crippen molar-refractivity contribution in [2.45, 2.75) is 19.4 Å². The highest BCUT2D eigenvalue weighted by atomic mass is 32.2. The minimum Gasteiger partial charge on any atom is -0.494 e. The number of methoxy groups -OCH3 is 1. The van der Waals surface area contributed by atoms with Crippen molar-refractivity contribution in [1.29, 1.82) is 0 Å². The van der Waals surface area contributed by atoms with Gasteiger partial charge < -0.3 is 4.74 Å². The quantitative estimate of drug-likeness (QED) is 0.432. The zero-order valence-electron chi connectivity index (χ0n) is 19.8. The zero-order valence-corrected chi connectivity index (χ0v) is 20.6. The number of hydrogen-bond acceptors (Lipinski definition) is 5. The summed E-state index contributed by atoms with van der Waals surface area (Å²) in [6, 6.07) is 23.7. The Morgan fingerprint density at radius 2 is 1.60 bits per heavy atom. The van der Waals surface area contributed by atoms with Gasteiger partial charge in [-0.3, -0.25) is 9.69 Å². The maximum atomic E-state index is 14.4. The van der Waals surface area contributed by atoms with E-state index in [0.29, 0.717) is 19.5 Å². The third kappa shape index (κ3) is 5.23. The van der Waals surface area contributed by atoms with Gasteiger partial charge in [0.2, 0.25) is 15.9 Å². The highest BCUT2D eigenvalue weighted by Gasteiger charge is 2.43. The lowest BCUT2D eigenvalue weighted by atomic mass is 9.90. The Hall–Kier alpha value is -3.23. The van der Waals surface area contributed by atoms with E-state index < -0.39 is 27.7 Å². The first-order valence-corrected chi connectivity index (χ1v) is 13.2. The van der Waals surface area contributed by atoms with Gasteiger partial charge in [0.05, 0.1) is 30.5 Å². The van der Waals surface area contributed by atoms with Crippen molar-refractivity contribution in [1.82, 2.24) is 4.90 Å². The lowest BCUT2D eigenvalue weighted by Crippen LogP contribution is -2.57. The van der Waals surface area contributed by atoms with Gasteiger partial charge in [0, 0.05) is 19.2 Å². The summed E-state index contributed by atoms with van der Waals surface area (Å²) in [4.78, 5) is 15.7. The number of carbonyl (C=O) groups excluding carboxylic acids is 1. The standard InChI is InChI=1S/C27H29FN2O4S/c1-3-16-35(32,33)30(23-14-15-25(34-2)24(28)17-23)27(31)22-18-29(19-22)26(20-10-6-4-7-11-20)21-12-8-5-9-13-21/h4-15,17,22,26H,3,16,18-19H2,1-2H3. The number of halogens is 1. The summed E-state index contributed by atoms with van der Waals surface area (Å²) >= 11 is 0. The lowest BCUT2D eigenvalue weighted by Gasteiger charge is -2.45. The molecular formula is C27H29FN2O4S. The predicted octanol–water partition coefficient (Wildman–Crippen LogP) is 4.63. The van der Waals surface area contributed by atoms with Gasteiger partial charge >= 0.3 is 0 Å². The number of rotatable bonds is 9. The van der Waals surface area contributed by atoms with Crippen LogP contribution in [0.3, 0.4) is 0 Å². The Morgan fingerprint density at radius 1 is 1.03 bits per heavy atom. The minimum absolute atomic E-state index is 0.0112. The van der Waals surface area contributed by atoms with Crippen LogP contribution in [0.25, 0.3) is 0 Å². The molecule has 0 spiro atoms. The van der Waals surface area contributed by atoms with Crippen molar-refractivity contribution in [3.63, 3.8) is 0 Å². The Bertz CT molecular complexity index is 1220. The van der Waals surface area contributed by atoms with Crippen molar-refractivity contribution in [2.75, 3.05) is 30.3 Å². The molecule has 6 nitrogen and oxygen atoms in total. The number of anilines is 1. The maximum absolute atomic E-state index is 14.4. The summed E-state index contributed by atoms with van der Waals surface area (Å²) in [5.41, 5.74) is 2.18. The third-order valence-electron chi connectivity index (χ3n) is 6.17. The van der Waals surface area contributed by atoms with Gasteiger partial charge in [-0.1, -0.05) is 67.6 Å². The number of carbonyl (C=O) groups is 1. The van der Waals surface area contributed by atoms with E-state index in [0.717, 1.165) is 21.5 Å². The summed E-state index contributed by atoms with van der Waals surface area (Å²) in [7, 11) is -2.64. The van der Waals surface area contributed by atoms with Crippen LogP contribution in [-0.4, -0.2) is 45.2 Å². The topological polar surface area (TPSA) is 66.9 Å². The molecule has 0 atom stereocenters. The molecule has 8 heteroatoms. The van der Waals surface area contributed by atoms with Crippen LogP contribution in [-0.2, 0) is 14.8 Å². The largest absolute Gasteiger partial charge is 0.494 e. The molecule has 1 heterocycles. The molecule has 1 saturated heterocycles. The van der Waals surface area contributed by atoms with Gasteiger partial charge in [0.25, 0.3) is 0 Å². The highest BCUT2D eigenvalue weighted by molar-refractivity contribution is 7.93. The number of amides is 1. The van der Waals surface area contributed by atoms with Crippen molar-refractivity contribution in [3.8, 4) is 5.75 Å². The van der Waals surface area contributed by atoms with Gasteiger partial charge in [0.15, 0.2) is 11.6 Å². The van der Waals surface area contributed by atoms with Crippen molar-refractivity contribution in [2.24, 2.45) is 5.92 Å². The van der Waals surface area contributed by atoms with E-state index in [1.54, 1.807) is 6.92 Å². The predicted molar refractivity (Wildman–Crippen MR) is 134 cm³/mol. The molecule has 0 radical (unpaired) electrons. The molecule has 0 saturated carbocycles. The summed E-state index contributed by atoms with van der Waals surface area (Å²) in [6.07, 6.45) is 0.339. The molecule has 0 unspecified atom stereocenters. The van der Waals surface area contributed by atoms with Crippen LogP contribution in [0.5, 0.6) is 5.75 Å². The fourth-order valence-corrected chi connectivity index (χ4v) is 6.04. The molecule has 3 aromatic carbocycles. The first-order chi connectivity index (χ1) is 16.9. The number of ether oxygens (including phenoxy) is 1. The zero-order chi connectivity index (χ0) is 25.0. The van der Waals surface area contributed by atoms with Crippen molar-refractivity contribution >= 4 is 21.6 Å². The van der Waals surface area contributed by atoms with E-state index in [1.165, 1.54) is 19.2 Å². The van der Waals surface area contributed by atoms with Crippen LogP contribution in [0.15, 0.2) is 78.9 Å². The number of likely N-dealkylation sites (tertiary alicyclic amines) is 1. The average Bonchev–Trinajstić information content (AvgIpc) is 2.82. The average molecular weight is 497 g/mol. The van der Waals surface area contributed by atoms with E-state index >= 15 is 0 Å². The molecule has 4 rings (SSSR count). The molecule has 0 N–H and O–H groups in total. The van der Waals surface area contributed by atoms with E-state index in [2.05, 4.69) is 4.90 Å². The molecule has 1 aliphatic rings. The molecule has 1 amide bonds. The van der Waals surface area contributed by atoms with Gasteiger partial charge in [0.1, 0.15) is 0 Å². The normalized spacial score (nSPS) is 14.5. The molecule has 1 aliphatic heterocycles. The van der Waals surface area contributed by atoms with E-state index in [9.17, 15) is 17.6 Å². The highest BCUT2D eigenvalue weighted by Crippen LogP contribution is 2.36. The van der Waals surface area contributed by atoms with Crippen LogP contribution in [0.4, 0.5) is 10.1 Å².